The first kappa shape index (κ1) is 25.1. The minimum atomic E-state index is -1.30. The average Bonchev–Trinajstić information content (AvgIpc) is 2.83. The molecule has 0 aliphatic heterocycles. The highest BCUT2D eigenvalue weighted by Gasteiger charge is 2.23. The number of benzene rings is 2. The summed E-state index contributed by atoms with van der Waals surface area (Å²) in [5, 5.41) is 9.43. The molecule has 0 radical (unpaired) electrons. The Bertz CT molecular complexity index is 1120. The third-order valence-corrected chi connectivity index (χ3v) is 5.26. The Labute approximate surface area is 197 Å². The fourth-order valence-corrected chi connectivity index (χ4v) is 3.44. The number of carboxylic acid groups (broad SMARTS) is 1. The highest BCUT2D eigenvalue weighted by Crippen LogP contribution is 2.31. The molecule has 0 aliphatic rings. The molecule has 0 saturated heterocycles. The molecule has 1 atom stereocenters. The maximum atomic E-state index is 14.4. The number of rotatable bonds is 12. The minimum Gasteiger partial charge on any atom is -0.479 e. The largest absolute Gasteiger partial charge is 0.479 e. The van der Waals surface area contributed by atoms with E-state index >= 15 is 0 Å². The van der Waals surface area contributed by atoms with Crippen molar-refractivity contribution >= 4 is 5.97 Å². The number of nitrogens with zero attached hydrogens (tertiary/aromatic N) is 1. The summed E-state index contributed by atoms with van der Waals surface area (Å²) >= 11 is 0. The van der Waals surface area contributed by atoms with Crippen molar-refractivity contribution in [1.29, 1.82) is 0 Å². The van der Waals surface area contributed by atoms with Gasteiger partial charge in [0.2, 0.25) is 0 Å². The molecule has 0 amide bonds. The minimum absolute atomic E-state index is 0.188. The Morgan fingerprint density at radius 3 is 2.41 bits per heavy atom. The average molecular weight is 471 g/mol. The Morgan fingerprint density at radius 2 is 1.71 bits per heavy atom. The van der Waals surface area contributed by atoms with Gasteiger partial charge in [-0.15, -0.1) is 0 Å². The van der Waals surface area contributed by atoms with Crippen molar-refractivity contribution in [3.05, 3.63) is 71.8 Å². The highest BCUT2D eigenvalue weighted by atomic mass is 19.1. The van der Waals surface area contributed by atoms with Crippen molar-refractivity contribution in [3.8, 4) is 28.6 Å². The van der Waals surface area contributed by atoms with Crippen LogP contribution in [0.3, 0.4) is 0 Å². The summed E-state index contributed by atoms with van der Waals surface area (Å²) in [6, 6.07) is 15.1. The second-order valence-electron chi connectivity index (χ2n) is 7.89. The van der Waals surface area contributed by atoms with E-state index in [1.165, 1.54) is 0 Å². The van der Waals surface area contributed by atoms with Crippen molar-refractivity contribution < 1.29 is 28.2 Å². The second kappa shape index (κ2) is 12.1. The molecule has 8 heteroatoms. The van der Waals surface area contributed by atoms with Crippen molar-refractivity contribution in [2.75, 3.05) is 0 Å². The fourth-order valence-electron chi connectivity index (χ4n) is 3.44. The third kappa shape index (κ3) is 6.74. The van der Waals surface area contributed by atoms with Crippen LogP contribution in [0.4, 0.5) is 8.78 Å². The van der Waals surface area contributed by atoms with E-state index in [1.807, 2.05) is 37.3 Å². The molecule has 3 rings (SSSR count). The molecule has 0 bridgehead atoms. The van der Waals surface area contributed by atoms with Gasteiger partial charge in [-0.05, 0) is 47.7 Å². The maximum Gasteiger partial charge on any atom is 0.344 e. The van der Waals surface area contributed by atoms with Gasteiger partial charge in [0.05, 0.1) is 0 Å². The van der Waals surface area contributed by atoms with Crippen LogP contribution in [0.5, 0.6) is 17.5 Å². The lowest BCUT2D eigenvalue weighted by Gasteiger charge is -2.16. The topological polar surface area (TPSA) is 94.7 Å². The van der Waals surface area contributed by atoms with Crippen LogP contribution in [0.1, 0.15) is 44.6 Å². The smallest absolute Gasteiger partial charge is 0.344 e. The van der Waals surface area contributed by atoms with Crippen molar-refractivity contribution in [1.82, 2.24) is 4.98 Å². The number of aliphatic carboxylic acids is 1. The molecule has 2 aromatic carbocycles. The van der Waals surface area contributed by atoms with Gasteiger partial charge in [0.25, 0.3) is 11.8 Å². The number of halogens is 2. The molecule has 1 heterocycles. The van der Waals surface area contributed by atoms with E-state index in [0.717, 1.165) is 36.0 Å². The lowest BCUT2D eigenvalue weighted by atomic mass is 10.0. The number of carbonyl (C=O) groups is 1. The van der Waals surface area contributed by atoms with Crippen LogP contribution in [0.15, 0.2) is 54.6 Å². The van der Waals surface area contributed by atoms with E-state index in [1.54, 1.807) is 18.2 Å². The standard InChI is InChI=1S/C26H28F2N2O4/c1-2-3-4-5-12-23(26(31)32)34-25-22(28)15-21(27)24(30-25)33-20-11-7-10-19(14-20)18-9-6-8-17(13-18)16-29/h6-11,13-15,23H,2-5,12,16,29H2,1H3,(H,31,32). The lowest BCUT2D eigenvalue weighted by Crippen LogP contribution is -2.27. The normalized spacial score (nSPS) is 11.8. The first-order valence-electron chi connectivity index (χ1n) is 11.2. The van der Waals surface area contributed by atoms with Gasteiger partial charge in [0.15, 0.2) is 17.7 Å². The number of pyridine rings is 1. The number of carboxylic acids is 1. The quantitative estimate of drug-likeness (QED) is 0.312. The van der Waals surface area contributed by atoms with Gasteiger partial charge < -0.3 is 20.3 Å². The van der Waals surface area contributed by atoms with Crippen LogP contribution in [0, 0.1) is 11.6 Å². The number of aromatic nitrogens is 1. The summed E-state index contributed by atoms with van der Waals surface area (Å²) in [4.78, 5) is 15.3. The summed E-state index contributed by atoms with van der Waals surface area (Å²) in [6.07, 6.45) is 2.29. The van der Waals surface area contributed by atoms with Crippen molar-refractivity contribution in [2.45, 2.75) is 51.7 Å². The molecule has 0 fully saturated rings. The van der Waals surface area contributed by atoms with Crippen LogP contribution in [-0.2, 0) is 11.3 Å². The van der Waals surface area contributed by atoms with E-state index in [4.69, 9.17) is 15.2 Å². The monoisotopic (exact) mass is 470 g/mol. The van der Waals surface area contributed by atoms with Gasteiger partial charge in [-0.3, -0.25) is 0 Å². The number of nitrogens with two attached hydrogens (primary N) is 1. The van der Waals surface area contributed by atoms with E-state index < -0.39 is 35.5 Å². The second-order valence-corrected chi connectivity index (χ2v) is 7.89. The lowest BCUT2D eigenvalue weighted by molar-refractivity contribution is -0.145. The van der Waals surface area contributed by atoms with Crippen molar-refractivity contribution in [2.24, 2.45) is 5.73 Å². The predicted molar refractivity (Wildman–Crippen MR) is 125 cm³/mol. The summed E-state index contributed by atoms with van der Waals surface area (Å²) in [5.74, 6) is -4.23. The summed E-state index contributed by atoms with van der Waals surface area (Å²) in [5.41, 5.74) is 8.38. The molecular weight excluding hydrogens is 442 g/mol. The van der Waals surface area contributed by atoms with Gasteiger partial charge in [0.1, 0.15) is 5.75 Å². The van der Waals surface area contributed by atoms with Crippen LogP contribution in [-0.4, -0.2) is 22.2 Å². The zero-order valence-corrected chi connectivity index (χ0v) is 19.0. The number of unbranched alkanes of at least 4 members (excludes halogenated alkanes) is 3. The molecule has 6 nitrogen and oxygen atoms in total. The number of hydrogen-bond acceptors (Lipinski definition) is 5. The predicted octanol–water partition coefficient (Wildman–Crippen LogP) is 6.08. The molecule has 3 aromatic rings. The highest BCUT2D eigenvalue weighted by molar-refractivity contribution is 5.72. The Kier molecular flexibility index (Phi) is 8.93. The van der Waals surface area contributed by atoms with Gasteiger partial charge >= 0.3 is 5.97 Å². The first-order valence-corrected chi connectivity index (χ1v) is 11.2. The third-order valence-electron chi connectivity index (χ3n) is 5.26. The molecule has 0 spiro atoms. The summed E-state index contributed by atoms with van der Waals surface area (Å²) in [7, 11) is 0. The maximum absolute atomic E-state index is 14.4. The van der Waals surface area contributed by atoms with Gasteiger partial charge in [0, 0.05) is 12.6 Å². The van der Waals surface area contributed by atoms with E-state index in [0.29, 0.717) is 19.0 Å². The van der Waals surface area contributed by atoms with Crippen LogP contribution in [0.25, 0.3) is 11.1 Å². The molecule has 0 aliphatic carbocycles. The van der Waals surface area contributed by atoms with E-state index in [9.17, 15) is 18.7 Å². The molecule has 1 unspecified atom stereocenters. The Hall–Kier alpha value is -3.52. The zero-order chi connectivity index (χ0) is 24.5. The van der Waals surface area contributed by atoms with Crippen LogP contribution >= 0.6 is 0 Å². The molecule has 3 N–H and O–H groups in total. The Balaban J connectivity index is 1.80. The van der Waals surface area contributed by atoms with Gasteiger partial charge in [-0.2, -0.15) is 4.98 Å². The molecular formula is C26H28F2N2O4. The van der Waals surface area contributed by atoms with Gasteiger partial charge in [-0.25, -0.2) is 13.6 Å². The molecule has 1 aromatic heterocycles. The van der Waals surface area contributed by atoms with Crippen LogP contribution < -0.4 is 15.2 Å². The van der Waals surface area contributed by atoms with E-state index in [-0.39, 0.29) is 12.2 Å². The summed E-state index contributed by atoms with van der Waals surface area (Å²) in [6.45, 7) is 2.44. The molecule has 0 saturated carbocycles. The number of hydrogen-bond donors (Lipinski definition) is 2. The molecule has 34 heavy (non-hydrogen) atoms. The van der Waals surface area contributed by atoms with E-state index in [2.05, 4.69) is 4.98 Å². The first-order chi connectivity index (χ1) is 16.4. The van der Waals surface area contributed by atoms with Crippen LogP contribution in [0.2, 0.25) is 0 Å². The Morgan fingerprint density at radius 1 is 1.00 bits per heavy atom. The SMILES string of the molecule is CCCCCCC(Oc1nc(Oc2cccc(-c3cccc(CN)c3)c2)c(F)cc1F)C(=O)O. The fraction of sp³-hybridized carbons (Fsp3) is 0.308. The zero-order valence-electron chi connectivity index (χ0n) is 19.0. The van der Waals surface area contributed by atoms with Crippen molar-refractivity contribution in [3.63, 3.8) is 0 Å². The summed E-state index contributed by atoms with van der Waals surface area (Å²) < 4.78 is 39.6. The van der Waals surface area contributed by atoms with Gasteiger partial charge in [-0.1, -0.05) is 56.5 Å². The number of ether oxygens (including phenoxy) is 2. The molecule has 180 valence electrons.